The molecule has 2 aliphatic rings. The summed E-state index contributed by atoms with van der Waals surface area (Å²) in [5.41, 5.74) is 23.8. The maximum Gasteiger partial charge on any atom is 0.0541 e. The molecule has 8 aromatic carbocycles. The van der Waals surface area contributed by atoms with Crippen LogP contribution in [0.4, 0.5) is 0 Å². The standard InChI is InChI=1S/C68H70N2/c1-63(2,3)41-17-25-59-51(33-41)52-34-42(64(4,5)6)18-26-60(52)69(59)45-21-23-47-49-29-39-32-56-50(30-40(39)31-55(49)67(13,14)57(47)37-45)48-24-22-46(38-58(48)68(56,15)16)70-61-27-19-43(65(7,8)9)35-53(61)54-36-44(66(10,11)12)20-28-62(54)70/h17-38H,1-16H3. The van der Waals surface area contributed by atoms with Crippen LogP contribution in [0.2, 0.25) is 0 Å². The Morgan fingerprint density at radius 1 is 0.286 bits per heavy atom. The molecule has 0 saturated heterocycles. The SMILES string of the molecule is CC(C)(C)c1ccc2c(c1)c1cc(C(C)(C)C)ccc1n2-c1ccc2c(c1)C(C)(C)c1cc3cc4c(cc3cc1-2)C(C)(C)c1cc(-n2c3ccc(C(C)(C)C)cc3c3cc(C(C)(C)C)ccc32)ccc1-4. The van der Waals surface area contributed by atoms with E-state index in [0.717, 1.165) is 0 Å². The molecule has 2 aliphatic carbocycles. The lowest BCUT2D eigenvalue weighted by atomic mass is 9.80. The van der Waals surface area contributed by atoms with E-state index in [4.69, 9.17) is 0 Å². The molecule has 2 nitrogen and oxygen atoms in total. The van der Waals surface area contributed by atoms with Gasteiger partial charge in [-0.25, -0.2) is 0 Å². The van der Waals surface area contributed by atoms with Gasteiger partial charge in [-0.2, -0.15) is 0 Å². The van der Waals surface area contributed by atoms with Gasteiger partial charge in [0.1, 0.15) is 0 Å². The van der Waals surface area contributed by atoms with E-state index in [1.165, 1.54) is 133 Å². The molecule has 0 saturated carbocycles. The smallest absolute Gasteiger partial charge is 0.0541 e. The number of benzene rings is 8. The molecule has 0 atom stereocenters. The molecule has 0 amide bonds. The summed E-state index contributed by atoms with van der Waals surface area (Å²) in [7, 11) is 0. The molecule has 0 spiro atoms. The molecule has 2 heterocycles. The number of hydrogen-bond acceptors (Lipinski definition) is 0. The van der Waals surface area contributed by atoms with Gasteiger partial charge >= 0.3 is 0 Å². The second-order valence-electron chi connectivity index (χ2n) is 26.5. The highest BCUT2D eigenvalue weighted by Crippen LogP contribution is 2.55. The molecule has 10 aromatic rings. The van der Waals surface area contributed by atoms with Crippen LogP contribution in [0.5, 0.6) is 0 Å². The summed E-state index contributed by atoms with van der Waals surface area (Å²) in [5, 5.41) is 7.93. The number of fused-ring (bicyclic) bond motifs is 13. The number of aromatic nitrogens is 2. The highest BCUT2D eigenvalue weighted by molar-refractivity contribution is 6.11. The van der Waals surface area contributed by atoms with Crippen molar-refractivity contribution in [2.75, 3.05) is 0 Å². The average molecular weight is 915 g/mol. The van der Waals surface area contributed by atoms with Gasteiger partial charge < -0.3 is 9.13 Å². The summed E-state index contributed by atoms with van der Waals surface area (Å²) < 4.78 is 5.03. The van der Waals surface area contributed by atoms with Gasteiger partial charge in [-0.1, -0.05) is 147 Å². The first-order valence-electron chi connectivity index (χ1n) is 25.8. The summed E-state index contributed by atoms with van der Waals surface area (Å²) >= 11 is 0. The van der Waals surface area contributed by atoms with E-state index in [0.29, 0.717) is 0 Å². The Hall–Kier alpha value is -6.38. The lowest BCUT2D eigenvalue weighted by molar-refractivity contribution is 0.590. The van der Waals surface area contributed by atoms with Crippen molar-refractivity contribution in [3.63, 3.8) is 0 Å². The van der Waals surface area contributed by atoms with Crippen LogP contribution >= 0.6 is 0 Å². The van der Waals surface area contributed by atoms with E-state index in [2.05, 4.69) is 253 Å². The molecule has 2 heteroatoms. The van der Waals surface area contributed by atoms with Crippen molar-refractivity contribution in [3.8, 4) is 33.6 Å². The Bertz CT molecular complexity index is 3500. The van der Waals surface area contributed by atoms with Crippen LogP contribution < -0.4 is 0 Å². The van der Waals surface area contributed by atoms with Crippen molar-refractivity contribution in [2.45, 2.75) is 143 Å². The van der Waals surface area contributed by atoms with Crippen molar-refractivity contribution < 1.29 is 0 Å². The average Bonchev–Trinajstić information content (AvgIpc) is 3.93. The molecule has 0 fully saturated rings. The Morgan fingerprint density at radius 3 is 0.829 bits per heavy atom. The van der Waals surface area contributed by atoms with Gasteiger partial charge in [-0.3, -0.25) is 0 Å². The third-order valence-electron chi connectivity index (χ3n) is 16.9. The largest absolute Gasteiger partial charge is 0.309 e. The minimum Gasteiger partial charge on any atom is -0.309 e. The van der Waals surface area contributed by atoms with Gasteiger partial charge in [-0.05, 0) is 196 Å². The first-order valence-corrected chi connectivity index (χ1v) is 25.8. The van der Waals surface area contributed by atoms with E-state index >= 15 is 0 Å². The summed E-state index contributed by atoms with van der Waals surface area (Å²) in [6, 6.07) is 53.2. The number of hydrogen-bond donors (Lipinski definition) is 0. The van der Waals surface area contributed by atoms with Crippen LogP contribution in [0.3, 0.4) is 0 Å². The van der Waals surface area contributed by atoms with Crippen molar-refractivity contribution >= 4 is 54.4 Å². The topological polar surface area (TPSA) is 9.86 Å². The van der Waals surface area contributed by atoms with Crippen LogP contribution in [0.15, 0.2) is 133 Å². The molecule has 2 aromatic heterocycles. The maximum atomic E-state index is 2.52. The van der Waals surface area contributed by atoms with Crippen LogP contribution in [-0.4, -0.2) is 9.13 Å². The Morgan fingerprint density at radius 2 is 0.557 bits per heavy atom. The van der Waals surface area contributed by atoms with Crippen molar-refractivity contribution in [3.05, 3.63) is 178 Å². The summed E-state index contributed by atoms with van der Waals surface area (Å²) in [4.78, 5) is 0. The van der Waals surface area contributed by atoms with Crippen molar-refractivity contribution in [2.24, 2.45) is 0 Å². The highest BCUT2D eigenvalue weighted by atomic mass is 15.0. The van der Waals surface area contributed by atoms with Gasteiger partial charge in [0.2, 0.25) is 0 Å². The molecule has 0 aliphatic heterocycles. The predicted molar refractivity (Wildman–Crippen MR) is 303 cm³/mol. The lowest BCUT2D eigenvalue weighted by Crippen LogP contribution is -2.16. The molecule has 0 bridgehead atoms. The van der Waals surface area contributed by atoms with Crippen LogP contribution in [0.25, 0.3) is 88.0 Å². The first kappa shape index (κ1) is 44.8. The lowest BCUT2D eigenvalue weighted by Gasteiger charge is -2.24. The third kappa shape index (κ3) is 6.43. The quantitative estimate of drug-likeness (QED) is 0.164. The van der Waals surface area contributed by atoms with E-state index in [9.17, 15) is 0 Å². The normalized spacial score (nSPS) is 15.4. The summed E-state index contributed by atoms with van der Waals surface area (Å²) in [6.45, 7) is 37.5. The minimum atomic E-state index is -0.179. The molecule has 352 valence electrons. The van der Waals surface area contributed by atoms with Gasteiger partial charge in [0.15, 0.2) is 0 Å². The van der Waals surface area contributed by atoms with E-state index in [-0.39, 0.29) is 32.5 Å². The molecule has 12 rings (SSSR count). The first-order chi connectivity index (χ1) is 32.7. The highest BCUT2D eigenvalue weighted by Gasteiger charge is 2.39. The van der Waals surface area contributed by atoms with Crippen LogP contribution in [0, 0.1) is 0 Å². The van der Waals surface area contributed by atoms with Gasteiger partial charge in [0.05, 0.1) is 22.1 Å². The van der Waals surface area contributed by atoms with E-state index in [1.54, 1.807) is 0 Å². The maximum absolute atomic E-state index is 2.52. The van der Waals surface area contributed by atoms with Crippen molar-refractivity contribution in [1.82, 2.24) is 9.13 Å². The van der Waals surface area contributed by atoms with Gasteiger partial charge in [0, 0.05) is 43.7 Å². The minimum absolute atomic E-state index is 0.0584. The Labute approximate surface area is 416 Å². The van der Waals surface area contributed by atoms with E-state index < -0.39 is 0 Å². The number of nitrogens with zero attached hydrogens (tertiary/aromatic N) is 2. The molecule has 70 heavy (non-hydrogen) atoms. The zero-order valence-electron chi connectivity index (χ0n) is 44.6. The predicted octanol–water partition coefficient (Wildman–Crippen LogP) is 18.8. The molecule has 0 radical (unpaired) electrons. The monoisotopic (exact) mass is 915 g/mol. The third-order valence-corrected chi connectivity index (χ3v) is 16.9. The zero-order chi connectivity index (χ0) is 49.6. The van der Waals surface area contributed by atoms with E-state index in [1.807, 2.05) is 0 Å². The van der Waals surface area contributed by atoms with Crippen LogP contribution in [0.1, 0.15) is 155 Å². The van der Waals surface area contributed by atoms with Gasteiger partial charge in [0.25, 0.3) is 0 Å². The fourth-order valence-electron chi connectivity index (χ4n) is 12.4. The summed E-state index contributed by atoms with van der Waals surface area (Å²) in [5.74, 6) is 0. The van der Waals surface area contributed by atoms with Crippen LogP contribution in [-0.2, 0) is 32.5 Å². The fourth-order valence-corrected chi connectivity index (χ4v) is 12.4. The Kier molecular flexibility index (Phi) is 9.06. The molecular weight excluding hydrogens is 845 g/mol. The Balaban J connectivity index is 0.966. The summed E-state index contributed by atoms with van der Waals surface area (Å²) in [6.07, 6.45) is 0. The molecular formula is C68H70N2. The van der Waals surface area contributed by atoms with Crippen molar-refractivity contribution in [1.29, 1.82) is 0 Å². The molecule has 0 unspecified atom stereocenters. The van der Waals surface area contributed by atoms with Gasteiger partial charge in [-0.15, -0.1) is 0 Å². The number of rotatable bonds is 2. The second kappa shape index (κ2) is 14.2. The zero-order valence-corrected chi connectivity index (χ0v) is 44.6. The molecule has 0 N–H and O–H groups in total. The fraction of sp³-hybridized carbons (Fsp3) is 0.324. The second-order valence-corrected chi connectivity index (χ2v) is 26.5.